The quantitative estimate of drug-likeness (QED) is 0.0318. The largest absolute Gasteiger partial charge is 0.393 e. The molecule has 16 aliphatic carbocycles. The summed E-state index contributed by atoms with van der Waals surface area (Å²) in [5, 5.41) is 98.1. The first-order chi connectivity index (χ1) is 61.8. The maximum absolute atomic E-state index is 11.7. The molecule has 732 valence electrons. The van der Waals surface area contributed by atoms with Crippen LogP contribution in [0.25, 0.3) is 0 Å². The van der Waals surface area contributed by atoms with Crippen LogP contribution in [0.2, 0.25) is 0 Å². The van der Waals surface area contributed by atoms with Gasteiger partial charge in [-0.3, -0.25) is 19.2 Å². The van der Waals surface area contributed by atoms with Crippen molar-refractivity contribution in [2.45, 2.75) is 403 Å². The number of amides is 4. The molecule has 16 fully saturated rings. The van der Waals surface area contributed by atoms with Crippen molar-refractivity contribution < 1.29 is 60.0 Å². The Balaban J connectivity index is 0.000000148. The lowest BCUT2D eigenvalue weighted by Crippen LogP contribution is -2.62. The molecule has 20 unspecified atom stereocenters. The van der Waals surface area contributed by atoms with Crippen LogP contribution in [0.4, 0.5) is 0 Å². The molecule has 12 N–H and O–H groups in total. The Hall–Kier alpha value is -4.36. The van der Waals surface area contributed by atoms with E-state index in [2.05, 4.69) is 116 Å². The lowest BCUT2D eigenvalue weighted by Gasteiger charge is -2.63. The van der Waals surface area contributed by atoms with E-state index in [1.807, 2.05) is 38.2 Å². The third-order valence-electron chi connectivity index (χ3n) is 43.5. The molecule has 0 radical (unpaired) electrons. The Morgan fingerprint density at radius 3 is 1.05 bits per heavy atom. The van der Waals surface area contributed by atoms with Gasteiger partial charge in [-0.25, -0.2) is 0 Å². The Morgan fingerprint density at radius 2 is 0.623 bits per heavy atom. The second-order valence-corrected chi connectivity index (χ2v) is 49.1. The van der Waals surface area contributed by atoms with Crippen LogP contribution in [0.1, 0.15) is 354 Å². The minimum absolute atomic E-state index is 0.00104. The van der Waals surface area contributed by atoms with Gasteiger partial charge in [0.2, 0.25) is 23.6 Å². The molecular weight excluding hydrogens is 1620 g/mol. The number of hydrogen-bond donors (Lipinski definition) is 12. The summed E-state index contributed by atoms with van der Waals surface area (Å²) in [4.78, 5) is 46.8. The molecule has 40 atom stereocenters. The predicted octanol–water partition coefficient (Wildman–Crippen LogP) is 19.6. The summed E-state index contributed by atoms with van der Waals surface area (Å²) in [6.07, 6.45) is 67.4. The minimum Gasteiger partial charge on any atom is -0.393 e. The monoisotopic (exact) mass is 1800 g/mol. The summed E-state index contributed by atoms with van der Waals surface area (Å²) in [6.45, 7) is 35.1. The topological polar surface area (TPSA) is 278 Å². The van der Waals surface area contributed by atoms with E-state index in [0.29, 0.717) is 141 Å². The number of carbonyl (C=O) groups excluding carboxylic acids is 4. The van der Waals surface area contributed by atoms with Gasteiger partial charge in [0.15, 0.2) is 0 Å². The molecular formula is C114H184N4O12. The number of aliphatic hydroxyl groups excluding tert-OH is 8. The van der Waals surface area contributed by atoms with Crippen molar-refractivity contribution in [1.29, 1.82) is 0 Å². The molecule has 0 aromatic heterocycles. The molecule has 16 nitrogen and oxygen atoms in total. The molecule has 0 aromatic carbocycles. The Morgan fingerprint density at radius 1 is 0.323 bits per heavy atom. The van der Waals surface area contributed by atoms with E-state index in [-0.39, 0.29) is 101 Å². The molecule has 0 heterocycles. The maximum Gasteiger partial charge on any atom is 0.244 e. The fourth-order valence-electron chi connectivity index (χ4n) is 36.5. The van der Waals surface area contributed by atoms with Crippen molar-refractivity contribution in [1.82, 2.24) is 21.3 Å². The number of carbonyl (C=O) groups is 4. The number of likely N-dealkylation sites (N-methyl/N-ethyl adjacent to an activating group) is 2. The highest BCUT2D eigenvalue weighted by Crippen LogP contribution is 2.74. The first-order valence-corrected chi connectivity index (χ1v) is 53.9. The van der Waals surface area contributed by atoms with Crippen LogP contribution in [0.3, 0.4) is 0 Å². The van der Waals surface area contributed by atoms with Crippen LogP contribution in [-0.4, -0.2) is 139 Å². The number of allylic oxidation sites excluding steroid dienone is 4. The second-order valence-electron chi connectivity index (χ2n) is 49.1. The van der Waals surface area contributed by atoms with Gasteiger partial charge in [0.05, 0.1) is 61.9 Å². The normalized spacial score (nSPS) is 46.2. The van der Waals surface area contributed by atoms with Crippen LogP contribution >= 0.6 is 0 Å². The molecule has 0 saturated heterocycles. The zero-order valence-electron chi connectivity index (χ0n) is 83.6. The van der Waals surface area contributed by atoms with E-state index in [0.717, 1.165) is 202 Å². The van der Waals surface area contributed by atoms with Crippen LogP contribution in [0.5, 0.6) is 0 Å². The lowest BCUT2D eigenvalue weighted by molar-refractivity contribution is -0.207. The molecule has 0 spiro atoms. The van der Waals surface area contributed by atoms with Crippen molar-refractivity contribution in [3.63, 3.8) is 0 Å². The van der Waals surface area contributed by atoms with Gasteiger partial charge < -0.3 is 62.1 Å². The number of terminal acetylenes is 2. The molecule has 16 rings (SSSR count). The van der Waals surface area contributed by atoms with E-state index in [1.54, 1.807) is 24.3 Å². The molecule has 16 aliphatic rings. The number of fused-ring (bicyclic) bond motifs is 20. The van der Waals surface area contributed by atoms with Crippen molar-refractivity contribution in [3.8, 4) is 24.7 Å². The summed E-state index contributed by atoms with van der Waals surface area (Å²) >= 11 is 0. The summed E-state index contributed by atoms with van der Waals surface area (Å²) in [5.74, 6) is 19.0. The van der Waals surface area contributed by atoms with E-state index < -0.39 is 0 Å². The van der Waals surface area contributed by atoms with Gasteiger partial charge in [0.1, 0.15) is 0 Å². The van der Waals surface area contributed by atoms with E-state index in [4.69, 9.17) is 12.8 Å². The number of hydrogen-bond acceptors (Lipinski definition) is 12. The first-order valence-electron chi connectivity index (χ1n) is 53.9. The SMILES string of the molecule is C#CCNC(=O)C=CCC[C@@H](C)[C@H]1CC[C@H]2[C@@H]3CC[C@@H]4C[C@H](O)CC[C@]4(C)[C@H]3CC[C@]12C.C#CCNC(=O)C=CCC[C@@H](C)[C@H]1CC[C@H]2[C@@H]3[C@H](O)C[C@@H]4C[C@H](O)CC[C@]4(C)[C@H]3C[C@H](O)[C@]12C.CCNC(=O)C=CCCC(C)C1CCC2C3C(O)CC4CC(O)CCC4(C)C3CCC12C.CCNC(=O)C=CCCC(C)C1CCC2C3CCC4CC(O)CCC4(C)C3CC(O)C12C. The van der Waals surface area contributed by atoms with Gasteiger partial charge in [-0.15, -0.1) is 12.8 Å². The van der Waals surface area contributed by atoms with E-state index in [9.17, 15) is 60.0 Å². The first kappa shape index (κ1) is 103. The average Bonchev–Trinajstić information content (AvgIpc) is 1.43. The molecule has 0 aromatic rings. The zero-order valence-corrected chi connectivity index (χ0v) is 83.6. The van der Waals surface area contributed by atoms with E-state index in [1.165, 1.54) is 96.3 Å². The zero-order chi connectivity index (χ0) is 93.8. The van der Waals surface area contributed by atoms with Crippen LogP contribution in [0, 0.1) is 210 Å². The Kier molecular flexibility index (Phi) is 34.4. The number of nitrogens with one attached hydrogen (secondary N) is 4. The highest BCUT2D eigenvalue weighted by atomic mass is 16.3. The third kappa shape index (κ3) is 20.7. The van der Waals surface area contributed by atoms with Crippen molar-refractivity contribution in [2.24, 2.45) is 185 Å². The Bertz CT molecular complexity index is 3970. The highest BCUT2D eigenvalue weighted by Gasteiger charge is 2.69. The summed E-state index contributed by atoms with van der Waals surface area (Å²) in [7, 11) is 0. The summed E-state index contributed by atoms with van der Waals surface area (Å²) in [5.41, 5.74) is 1.87. The van der Waals surface area contributed by atoms with Gasteiger partial charge in [-0.2, -0.15) is 0 Å². The van der Waals surface area contributed by atoms with Crippen LogP contribution < -0.4 is 21.3 Å². The number of rotatable bonds is 24. The van der Waals surface area contributed by atoms with Gasteiger partial charge in [0, 0.05) is 13.1 Å². The van der Waals surface area contributed by atoms with Crippen LogP contribution in [-0.2, 0) is 19.2 Å². The summed E-state index contributed by atoms with van der Waals surface area (Å²) < 4.78 is 0. The Labute approximate surface area is 787 Å². The fraction of sp³-hybridized carbons (Fsp3) is 0.860. The lowest BCUT2D eigenvalue weighted by atomic mass is 9.43. The maximum atomic E-state index is 11.7. The van der Waals surface area contributed by atoms with Gasteiger partial charge >= 0.3 is 0 Å². The van der Waals surface area contributed by atoms with Gasteiger partial charge in [-0.1, -0.05) is 119 Å². The molecule has 0 bridgehead atoms. The van der Waals surface area contributed by atoms with Crippen molar-refractivity contribution >= 4 is 23.6 Å². The molecule has 16 heteroatoms. The highest BCUT2D eigenvalue weighted by molar-refractivity contribution is 5.88. The molecule has 130 heavy (non-hydrogen) atoms. The number of aliphatic hydroxyl groups is 8. The van der Waals surface area contributed by atoms with Crippen molar-refractivity contribution in [2.75, 3.05) is 26.2 Å². The molecule has 16 saturated carbocycles. The second kappa shape index (κ2) is 43.4. The standard InChI is InChI=1S/C29H45NO4.C29H45NO2.2C28H47NO3/c1-5-14-30-26(34)9-7-6-8-18(2)21-10-11-22-27-23(17-25(33)29(21,22)4)28(3)13-12-20(31)15-19(28)16-24(27)32;1-5-18-30-27(32)9-7-6-8-20(2)24-12-13-25-23-11-10-21-19-22(31)14-16-28(21,3)26(23)15-17-29(24,25)4;1-5-29-25(32)9-7-6-8-18(2)21-10-11-22-26-23(13-15-28(21,22)4)27(3)14-12-20(30)16-19(27)17-24(26)31;1-5-29-26(32)9-7-6-8-18(2)22-12-13-23-21-11-10-19-16-20(30)14-15-27(19,3)24(21)17-25(31)28(22,23)4/h1,7,9,18-25,27,31-33H,6,8,10-17H2,2-4H3,(H,30,34);1,7,9,20-26,31H,6,8,10-19H2,2-4H3,(H,30,32);7,9,18-24,26,30-31H,5-6,8,10-17H2,1-4H3,(H,29,32);7,9,18-25,30-31H,5-6,8,10-17H2,1-4H3,(H,29,32)/t18-,19+,20-,21-,22+,23+,24-,25+,27+,28+,29-;20-,21-,22-,23+,24-,25+,26+,28+,29-;;/m11../s1. The molecule has 4 amide bonds. The summed E-state index contributed by atoms with van der Waals surface area (Å²) in [6, 6.07) is 0. The van der Waals surface area contributed by atoms with E-state index >= 15 is 0 Å². The minimum atomic E-state index is -0.353. The predicted molar refractivity (Wildman–Crippen MR) is 522 cm³/mol. The van der Waals surface area contributed by atoms with Crippen molar-refractivity contribution in [3.05, 3.63) is 48.6 Å². The van der Waals surface area contributed by atoms with Gasteiger partial charge in [-0.05, 0) is 480 Å². The fourth-order valence-corrected chi connectivity index (χ4v) is 36.5. The third-order valence-corrected chi connectivity index (χ3v) is 43.5. The van der Waals surface area contributed by atoms with Crippen LogP contribution in [0.15, 0.2) is 48.6 Å². The van der Waals surface area contributed by atoms with Gasteiger partial charge in [0.25, 0.3) is 0 Å². The molecule has 0 aliphatic heterocycles. The average molecular weight is 1800 g/mol. The smallest absolute Gasteiger partial charge is 0.244 e.